The SMILES string of the molecule is CC(C)N1C(=O)N(c2ccccc2Cl)CS/C1=N\C(C)(C)C. The molecule has 0 unspecified atom stereocenters. The first-order valence-electron chi connectivity index (χ1n) is 7.28. The van der Waals surface area contributed by atoms with E-state index in [2.05, 4.69) is 0 Å². The number of hydrogen-bond donors (Lipinski definition) is 0. The van der Waals surface area contributed by atoms with E-state index in [4.69, 9.17) is 16.6 Å². The molecule has 2 amide bonds. The van der Waals surface area contributed by atoms with Crippen LogP contribution in [0.25, 0.3) is 0 Å². The van der Waals surface area contributed by atoms with Gasteiger partial charge < -0.3 is 0 Å². The number of thioether (sulfide) groups is 1. The zero-order valence-corrected chi connectivity index (χ0v) is 15.2. The molecular weight excluding hydrogens is 318 g/mol. The Hall–Kier alpha value is -1.20. The Labute approximate surface area is 141 Å². The van der Waals surface area contributed by atoms with Crippen molar-refractivity contribution in [3.8, 4) is 0 Å². The average Bonchev–Trinajstić information content (AvgIpc) is 2.38. The lowest BCUT2D eigenvalue weighted by atomic mass is 10.1. The van der Waals surface area contributed by atoms with Gasteiger partial charge in [-0.05, 0) is 46.8 Å². The topological polar surface area (TPSA) is 35.9 Å². The molecule has 22 heavy (non-hydrogen) atoms. The zero-order chi connectivity index (χ0) is 16.5. The van der Waals surface area contributed by atoms with E-state index in [1.54, 1.807) is 27.6 Å². The van der Waals surface area contributed by atoms with Crippen LogP contribution in [0.3, 0.4) is 0 Å². The van der Waals surface area contributed by atoms with E-state index >= 15 is 0 Å². The number of anilines is 1. The van der Waals surface area contributed by atoms with Crippen molar-refractivity contribution >= 4 is 40.2 Å². The first kappa shape index (κ1) is 17.2. The summed E-state index contributed by atoms with van der Waals surface area (Å²) in [5.74, 6) is 0.515. The molecule has 4 nitrogen and oxygen atoms in total. The molecule has 0 N–H and O–H groups in total. The molecule has 1 aromatic carbocycles. The number of rotatable bonds is 2. The smallest absolute Gasteiger partial charge is 0.282 e. The van der Waals surface area contributed by atoms with Gasteiger partial charge in [0.2, 0.25) is 0 Å². The monoisotopic (exact) mass is 339 g/mol. The highest BCUT2D eigenvalue weighted by Crippen LogP contribution is 2.33. The van der Waals surface area contributed by atoms with Gasteiger partial charge in [0.25, 0.3) is 0 Å². The van der Waals surface area contributed by atoms with Crippen LogP contribution in [-0.2, 0) is 0 Å². The molecule has 1 aliphatic rings. The van der Waals surface area contributed by atoms with E-state index in [9.17, 15) is 4.79 Å². The van der Waals surface area contributed by atoms with Crippen LogP contribution >= 0.6 is 23.4 Å². The number of aliphatic imine (C=N–C) groups is 1. The number of carbonyl (C=O) groups is 1. The fraction of sp³-hybridized carbons (Fsp3) is 0.500. The molecule has 0 aromatic heterocycles. The average molecular weight is 340 g/mol. The third-order valence-corrected chi connectivity index (χ3v) is 4.31. The van der Waals surface area contributed by atoms with Crippen molar-refractivity contribution in [3.63, 3.8) is 0 Å². The number of para-hydroxylation sites is 1. The lowest BCUT2D eigenvalue weighted by molar-refractivity contribution is 0.220. The first-order valence-corrected chi connectivity index (χ1v) is 8.65. The van der Waals surface area contributed by atoms with E-state index in [1.807, 2.05) is 52.8 Å². The van der Waals surface area contributed by atoms with Crippen molar-refractivity contribution < 1.29 is 4.79 Å². The maximum Gasteiger partial charge on any atom is 0.331 e. The largest absolute Gasteiger partial charge is 0.331 e. The van der Waals surface area contributed by atoms with Gasteiger partial charge in [0.1, 0.15) is 0 Å². The molecular formula is C16H22ClN3OS. The Morgan fingerprint density at radius 3 is 2.45 bits per heavy atom. The zero-order valence-electron chi connectivity index (χ0n) is 13.6. The molecule has 120 valence electrons. The minimum atomic E-state index is -0.220. The summed E-state index contributed by atoms with van der Waals surface area (Å²) in [5.41, 5.74) is 0.518. The van der Waals surface area contributed by atoms with E-state index in [0.29, 0.717) is 10.9 Å². The van der Waals surface area contributed by atoms with Gasteiger partial charge in [0.05, 0.1) is 22.1 Å². The van der Waals surface area contributed by atoms with E-state index < -0.39 is 0 Å². The highest BCUT2D eigenvalue weighted by molar-refractivity contribution is 8.14. The predicted molar refractivity (Wildman–Crippen MR) is 95.9 cm³/mol. The molecule has 1 aliphatic heterocycles. The Morgan fingerprint density at radius 1 is 1.27 bits per heavy atom. The second kappa shape index (κ2) is 6.50. The molecule has 0 spiro atoms. The van der Waals surface area contributed by atoms with Crippen molar-refractivity contribution in [3.05, 3.63) is 29.3 Å². The summed E-state index contributed by atoms with van der Waals surface area (Å²) in [7, 11) is 0. The van der Waals surface area contributed by atoms with Crippen LogP contribution < -0.4 is 4.90 Å². The van der Waals surface area contributed by atoms with Gasteiger partial charge in [0, 0.05) is 6.04 Å². The summed E-state index contributed by atoms with van der Waals surface area (Å²) in [6, 6.07) is 7.37. The van der Waals surface area contributed by atoms with Gasteiger partial charge in [-0.15, -0.1) is 0 Å². The van der Waals surface area contributed by atoms with Crippen LogP contribution in [0.2, 0.25) is 5.02 Å². The van der Waals surface area contributed by atoms with Crippen molar-refractivity contribution in [2.45, 2.75) is 46.2 Å². The van der Waals surface area contributed by atoms with Crippen LogP contribution in [0.4, 0.5) is 10.5 Å². The fourth-order valence-corrected chi connectivity index (χ4v) is 3.62. The van der Waals surface area contributed by atoms with E-state index in [1.165, 1.54) is 0 Å². The normalized spacial score (nSPS) is 18.5. The number of carbonyl (C=O) groups excluding carboxylic acids is 1. The Balaban J connectivity index is 2.37. The maximum atomic E-state index is 12.9. The summed E-state index contributed by atoms with van der Waals surface area (Å²) >= 11 is 7.81. The fourth-order valence-electron chi connectivity index (χ4n) is 2.12. The van der Waals surface area contributed by atoms with Crippen LogP contribution in [0.1, 0.15) is 34.6 Å². The summed E-state index contributed by atoms with van der Waals surface area (Å²) in [6.07, 6.45) is 0. The van der Waals surface area contributed by atoms with Crippen LogP contribution in [0, 0.1) is 0 Å². The van der Waals surface area contributed by atoms with Gasteiger partial charge in [0.15, 0.2) is 5.17 Å². The van der Waals surface area contributed by atoms with Gasteiger partial charge in [-0.3, -0.25) is 14.8 Å². The third kappa shape index (κ3) is 3.76. The molecule has 2 rings (SSSR count). The molecule has 0 aliphatic carbocycles. The van der Waals surface area contributed by atoms with Crippen LogP contribution in [0.5, 0.6) is 0 Å². The highest BCUT2D eigenvalue weighted by atomic mass is 35.5. The van der Waals surface area contributed by atoms with Gasteiger partial charge in [-0.2, -0.15) is 0 Å². The molecule has 1 fully saturated rings. The van der Waals surface area contributed by atoms with Crippen LogP contribution in [0.15, 0.2) is 29.3 Å². The minimum Gasteiger partial charge on any atom is -0.282 e. The van der Waals surface area contributed by atoms with E-state index in [-0.39, 0.29) is 17.6 Å². The second-order valence-corrected chi connectivity index (χ2v) is 7.78. The molecule has 0 atom stereocenters. The van der Waals surface area contributed by atoms with Crippen molar-refractivity contribution in [2.24, 2.45) is 4.99 Å². The lowest BCUT2D eigenvalue weighted by Gasteiger charge is -2.39. The molecule has 0 radical (unpaired) electrons. The van der Waals surface area contributed by atoms with Gasteiger partial charge in [-0.25, -0.2) is 4.79 Å². The third-order valence-electron chi connectivity index (χ3n) is 3.06. The Morgan fingerprint density at radius 2 is 1.91 bits per heavy atom. The van der Waals surface area contributed by atoms with E-state index in [0.717, 1.165) is 10.9 Å². The Kier molecular flexibility index (Phi) is 5.07. The van der Waals surface area contributed by atoms with Crippen molar-refractivity contribution in [1.82, 2.24) is 4.90 Å². The molecule has 6 heteroatoms. The van der Waals surface area contributed by atoms with Crippen molar-refractivity contribution in [1.29, 1.82) is 0 Å². The standard InChI is InChI=1S/C16H22ClN3OS/c1-11(2)20-14(18-16(3,4)5)22-10-19(15(20)21)13-9-7-6-8-12(13)17/h6-9,11H,10H2,1-5H3/b18-14-. The number of amidine groups is 1. The molecule has 0 saturated carbocycles. The molecule has 1 heterocycles. The Bertz CT molecular complexity index is 595. The number of halogens is 1. The molecule has 1 saturated heterocycles. The predicted octanol–water partition coefficient (Wildman–Crippen LogP) is 4.84. The summed E-state index contributed by atoms with van der Waals surface area (Å²) < 4.78 is 0. The number of benzene rings is 1. The number of urea groups is 1. The summed E-state index contributed by atoms with van der Waals surface area (Å²) in [5, 5.41) is 1.35. The number of nitrogens with zero attached hydrogens (tertiary/aromatic N) is 3. The van der Waals surface area contributed by atoms with Gasteiger partial charge in [-0.1, -0.05) is 35.5 Å². The molecule has 1 aromatic rings. The molecule has 0 bridgehead atoms. The lowest BCUT2D eigenvalue weighted by Crippen LogP contribution is -2.53. The van der Waals surface area contributed by atoms with Crippen molar-refractivity contribution in [2.75, 3.05) is 10.8 Å². The first-order chi connectivity index (χ1) is 10.2. The number of hydrogen-bond acceptors (Lipinski definition) is 3. The van der Waals surface area contributed by atoms with Crippen LogP contribution in [-0.4, -0.2) is 33.6 Å². The quantitative estimate of drug-likeness (QED) is 0.773. The highest BCUT2D eigenvalue weighted by Gasteiger charge is 2.35. The number of amides is 2. The summed E-state index contributed by atoms with van der Waals surface area (Å²) in [4.78, 5) is 21.1. The van der Waals surface area contributed by atoms with Gasteiger partial charge >= 0.3 is 6.03 Å². The second-order valence-electron chi connectivity index (χ2n) is 6.46. The minimum absolute atomic E-state index is 0.0337. The maximum absolute atomic E-state index is 12.9. The summed E-state index contributed by atoms with van der Waals surface area (Å²) in [6.45, 7) is 10.1.